The molecule has 1 unspecified atom stereocenters. The van der Waals surface area contributed by atoms with E-state index in [1.807, 2.05) is 6.92 Å². The Balaban J connectivity index is 2.19. The molecule has 0 amide bonds. The number of hydrogen-bond donors (Lipinski definition) is 2. The Morgan fingerprint density at radius 2 is 1.90 bits per heavy atom. The van der Waals surface area contributed by atoms with E-state index in [0.717, 1.165) is 19.6 Å². The number of amidine groups is 1. The third-order valence-corrected chi connectivity index (χ3v) is 3.78. The van der Waals surface area contributed by atoms with Gasteiger partial charge in [-0.05, 0) is 22.9 Å². The van der Waals surface area contributed by atoms with Crippen LogP contribution in [-0.2, 0) is 6.54 Å². The van der Waals surface area contributed by atoms with Crippen LogP contribution < -0.4 is 5.73 Å². The fourth-order valence-corrected chi connectivity index (χ4v) is 2.46. The van der Waals surface area contributed by atoms with Crippen LogP contribution in [0.25, 0.3) is 10.8 Å². The van der Waals surface area contributed by atoms with Crippen LogP contribution >= 0.6 is 0 Å². The van der Waals surface area contributed by atoms with E-state index >= 15 is 0 Å². The summed E-state index contributed by atoms with van der Waals surface area (Å²) in [6.07, 6.45) is 0. The predicted molar refractivity (Wildman–Crippen MR) is 86.0 cm³/mol. The average Bonchev–Trinajstić information content (AvgIpc) is 2.46. The van der Waals surface area contributed by atoms with Gasteiger partial charge in [0, 0.05) is 19.0 Å². The van der Waals surface area contributed by atoms with E-state index in [2.05, 4.69) is 54.3 Å². The molecule has 0 aliphatic heterocycles. The first kappa shape index (κ1) is 14.5. The second-order valence-electron chi connectivity index (χ2n) is 5.32. The highest BCUT2D eigenvalue weighted by atomic mass is 15.1. The molecule has 106 valence electrons. The van der Waals surface area contributed by atoms with Crippen LogP contribution in [0.3, 0.4) is 0 Å². The van der Waals surface area contributed by atoms with Crippen LogP contribution in [0, 0.1) is 11.3 Å². The minimum absolute atomic E-state index is 0.102. The molecule has 0 fully saturated rings. The van der Waals surface area contributed by atoms with Crippen LogP contribution in [0.5, 0.6) is 0 Å². The molecule has 3 nitrogen and oxygen atoms in total. The largest absolute Gasteiger partial charge is 0.387 e. The fraction of sp³-hybridized carbons (Fsp3) is 0.353. The van der Waals surface area contributed by atoms with Gasteiger partial charge in [-0.1, -0.05) is 56.3 Å². The highest BCUT2D eigenvalue weighted by Gasteiger charge is 2.12. The van der Waals surface area contributed by atoms with Crippen molar-refractivity contribution in [1.29, 1.82) is 5.41 Å². The lowest BCUT2D eigenvalue weighted by atomic mass is 10.0. The molecule has 0 spiro atoms. The second kappa shape index (κ2) is 6.53. The molecule has 1 atom stereocenters. The van der Waals surface area contributed by atoms with Crippen LogP contribution in [0.1, 0.15) is 19.4 Å². The summed E-state index contributed by atoms with van der Waals surface area (Å²) in [7, 11) is 0. The second-order valence-corrected chi connectivity index (χ2v) is 5.32. The van der Waals surface area contributed by atoms with Gasteiger partial charge in [0.25, 0.3) is 0 Å². The van der Waals surface area contributed by atoms with E-state index in [-0.39, 0.29) is 11.8 Å². The SMILES string of the molecule is CCN(Cc1cccc2ccccc12)CC(C)C(=N)N. The van der Waals surface area contributed by atoms with E-state index in [1.165, 1.54) is 16.3 Å². The normalized spacial score (nSPS) is 12.8. The van der Waals surface area contributed by atoms with Crippen LogP contribution in [0.2, 0.25) is 0 Å². The van der Waals surface area contributed by atoms with Crippen molar-refractivity contribution >= 4 is 16.6 Å². The lowest BCUT2D eigenvalue weighted by Gasteiger charge is -2.24. The summed E-state index contributed by atoms with van der Waals surface area (Å²) in [5, 5.41) is 10.1. The molecule has 0 aliphatic rings. The molecule has 0 heterocycles. The number of nitrogens with one attached hydrogen (secondary N) is 1. The van der Waals surface area contributed by atoms with E-state index in [4.69, 9.17) is 11.1 Å². The lowest BCUT2D eigenvalue weighted by molar-refractivity contribution is 0.264. The fourth-order valence-electron chi connectivity index (χ4n) is 2.46. The van der Waals surface area contributed by atoms with Gasteiger partial charge in [-0.25, -0.2) is 0 Å². The highest BCUT2D eigenvalue weighted by Crippen LogP contribution is 2.20. The molecule has 2 rings (SSSR count). The Kier molecular flexibility index (Phi) is 4.74. The van der Waals surface area contributed by atoms with Crippen LogP contribution in [0.4, 0.5) is 0 Å². The van der Waals surface area contributed by atoms with Gasteiger partial charge in [0.1, 0.15) is 0 Å². The summed E-state index contributed by atoms with van der Waals surface area (Å²) in [4.78, 5) is 2.34. The van der Waals surface area contributed by atoms with Gasteiger partial charge >= 0.3 is 0 Å². The molecule has 3 heteroatoms. The van der Waals surface area contributed by atoms with Crippen LogP contribution in [-0.4, -0.2) is 23.8 Å². The smallest absolute Gasteiger partial charge is 0.0947 e. The monoisotopic (exact) mass is 269 g/mol. The first-order chi connectivity index (χ1) is 9.61. The molecule has 0 aromatic heterocycles. The van der Waals surface area contributed by atoms with Gasteiger partial charge in [-0.3, -0.25) is 10.3 Å². The Morgan fingerprint density at radius 1 is 1.20 bits per heavy atom. The first-order valence-corrected chi connectivity index (χ1v) is 7.14. The minimum Gasteiger partial charge on any atom is -0.387 e. The summed E-state index contributed by atoms with van der Waals surface area (Å²) in [5.41, 5.74) is 6.91. The van der Waals surface area contributed by atoms with Crippen molar-refractivity contribution in [2.45, 2.75) is 20.4 Å². The molecule has 3 N–H and O–H groups in total. The van der Waals surface area contributed by atoms with Crippen molar-refractivity contribution in [2.75, 3.05) is 13.1 Å². The first-order valence-electron chi connectivity index (χ1n) is 7.14. The molecule has 0 radical (unpaired) electrons. The quantitative estimate of drug-likeness (QED) is 0.625. The summed E-state index contributed by atoms with van der Waals surface area (Å²) in [6.45, 7) is 6.84. The van der Waals surface area contributed by atoms with E-state index < -0.39 is 0 Å². The summed E-state index contributed by atoms with van der Waals surface area (Å²) < 4.78 is 0. The van der Waals surface area contributed by atoms with Gasteiger partial charge < -0.3 is 5.73 Å². The zero-order chi connectivity index (χ0) is 14.5. The zero-order valence-electron chi connectivity index (χ0n) is 12.3. The third-order valence-electron chi connectivity index (χ3n) is 3.78. The summed E-state index contributed by atoms with van der Waals surface area (Å²) >= 11 is 0. The van der Waals surface area contributed by atoms with Crippen molar-refractivity contribution in [3.63, 3.8) is 0 Å². The van der Waals surface area contributed by atoms with Gasteiger partial charge in [0.15, 0.2) is 0 Å². The summed E-state index contributed by atoms with van der Waals surface area (Å²) in [6, 6.07) is 14.9. The Hall–Kier alpha value is -1.87. The topological polar surface area (TPSA) is 53.1 Å². The average molecular weight is 269 g/mol. The Morgan fingerprint density at radius 3 is 2.60 bits per heavy atom. The lowest BCUT2D eigenvalue weighted by Crippen LogP contribution is -2.34. The Labute approximate surface area is 120 Å². The molecule has 2 aromatic rings. The maximum atomic E-state index is 7.53. The van der Waals surface area contributed by atoms with Gasteiger partial charge in [-0.15, -0.1) is 0 Å². The van der Waals surface area contributed by atoms with Gasteiger partial charge in [0.2, 0.25) is 0 Å². The van der Waals surface area contributed by atoms with Crippen molar-refractivity contribution in [3.05, 3.63) is 48.0 Å². The summed E-state index contributed by atoms with van der Waals surface area (Å²) in [5.74, 6) is 0.367. The van der Waals surface area contributed by atoms with Crippen molar-refractivity contribution in [2.24, 2.45) is 11.7 Å². The molecular weight excluding hydrogens is 246 g/mol. The van der Waals surface area contributed by atoms with Crippen LogP contribution in [0.15, 0.2) is 42.5 Å². The van der Waals surface area contributed by atoms with Gasteiger partial charge in [0.05, 0.1) is 5.84 Å². The van der Waals surface area contributed by atoms with Crippen molar-refractivity contribution < 1.29 is 0 Å². The minimum atomic E-state index is 0.102. The third kappa shape index (κ3) is 3.36. The number of rotatable bonds is 6. The molecule has 20 heavy (non-hydrogen) atoms. The van der Waals surface area contributed by atoms with Gasteiger partial charge in [-0.2, -0.15) is 0 Å². The number of hydrogen-bond acceptors (Lipinski definition) is 2. The van der Waals surface area contributed by atoms with E-state index in [9.17, 15) is 0 Å². The number of nitrogens with two attached hydrogens (primary N) is 1. The van der Waals surface area contributed by atoms with Crippen molar-refractivity contribution in [3.8, 4) is 0 Å². The number of fused-ring (bicyclic) bond motifs is 1. The molecule has 0 bridgehead atoms. The molecular formula is C17H23N3. The zero-order valence-corrected chi connectivity index (χ0v) is 12.3. The number of benzene rings is 2. The van der Waals surface area contributed by atoms with E-state index in [1.54, 1.807) is 0 Å². The molecule has 0 aliphatic carbocycles. The number of nitrogens with zero attached hydrogens (tertiary/aromatic N) is 1. The molecule has 0 saturated carbocycles. The molecule has 2 aromatic carbocycles. The van der Waals surface area contributed by atoms with E-state index in [0.29, 0.717) is 0 Å². The Bertz CT molecular complexity index is 586. The van der Waals surface area contributed by atoms with Crippen molar-refractivity contribution in [1.82, 2.24) is 4.90 Å². The molecule has 0 saturated heterocycles. The predicted octanol–water partition coefficient (Wildman–Crippen LogP) is 3.23. The standard InChI is InChI=1S/C17H23N3/c1-3-20(11-13(2)17(18)19)12-15-9-6-8-14-7-4-5-10-16(14)15/h4-10,13H,3,11-12H2,1-2H3,(H3,18,19). The highest BCUT2D eigenvalue weighted by molar-refractivity contribution is 5.85. The maximum Gasteiger partial charge on any atom is 0.0947 e. The maximum absolute atomic E-state index is 7.53.